The lowest BCUT2D eigenvalue weighted by Gasteiger charge is -2.08. The van der Waals surface area contributed by atoms with Gasteiger partial charge in [-0.15, -0.1) is 0 Å². The molecule has 3 nitrogen and oxygen atoms in total. The molecule has 0 aliphatic carbocycles. The highest BCUT2D eigenvalue weighted by Gasteiger charge is 2.05. The number of halogens is 1. The topological polar surface area (TPSA) is 41.1 Å². The fourth-order valence-corrected chi connectivity index (χ4v) is 2.07. The van der Waals surface area contributed by atoms with Crippen molar-refractivity contribution in [1.29, 1.82) is 0 Å². The van der Waals surface area contributed by atoms with Crippen LogP contribution in [0.5, 0.6) is 0 Å². The van der Waals surface area contributed by atoms with Gasteiger partial charge in [-0.3, -0.25) is 4.79 Å². The van der Waals surface area contributed by atoms with E-state index in [1.165, 1.54) is 12.1 Å². The first kappa shape index (κ1) is 15.2. The van der Waals surface area contributed by atoms with Gasteiger partial charge < -0.3 is 10.6 Å². The molecule has 0 saturated heterocycles. The third kappa shape index (κ3) is 5.00. The Labute approximate surface area is 124 Å². The molecular formula is C17H19FN2O. The summed E-state index contributed by atoms with van der Waals surface area (Å²) in [5.41, 5.74) is 2.53. The Kier molecular flexibility index (Phi) is 5.46. The maximum absolute atomic E-state index is 13.1. The SMILES string of the molecule is CCNCc1cccc(NC(=O)Cc2cccc(F)c2)c1. The number of hydrogen-bond acceptors (Lipinski definition) is 2. The zero-order chi connectivity index (χ0) is 15.1. The van der Waals surface area contributed by atoms with Crippen LogP contribution < -0.4 is 10.6 Å². The Morgan fingerprint density at radius 2 is 1.86 bits per heavy atom. The van der Waals surface area contributed by atoms with Gasteiger partial charge in [0, 0.05) is 12.2 Å². The van der Waals surface area contributed by atoms with Crippen molar-refractivity contribution in [2.24, 2.45) is 0 Å². The molecule has 0 spiro atoms. The van der Waals surface area contributed by atoms with Gasteiger partial charge in [0.1, 0.15) is 5.82 Å². The predicted octanol–water partition coefficient (Wildman–Crippen LogP) is 3.12. The zero-order valence-corrected chi connectivity index (χ0v) is 12.0. The molecule has 2 N–H and O–H groups in total. The van der Waals surface area contributed by atoms with E-state index in [0.717, 1.165) is 24.3 Å². The average molecular weight is 286 g/mol. The lowest BCUT2D eigenvalue weighted by atomic mass is 10.1. The number of anilines is 1. The Hall–Kier alpha value is -2.20. The predicted molar refractivity (Wildman–Crippen MR) is 82.6 cm³/mol. The van der Waals surface area contributed by atoms with Crippen LogP contribution in [-0.4, -0.2) is 12.5 Å². The monoisotopic (exact) mass is 286 g/mol. The average Bonchev–Trinajstić information content (AvgIpc) is 2.45. The van der Waals surface area contributed by atoms with Crippen molar-refractivity contribution < 1.29 is 9.18 Å². The van der Waals surface area contributed by atoms with Gasteiger partial charge >= 0.3 is 0 Å². The Balaban J connectivity index is 1.96. The third-order valence-corrected chi connectivity index (χ3v) is 3.04. The summed E-state index contributed by atoms with van der Waals surface area (Å²) in [5, 5.41) is 6.07. The van der Waals surface area contributed by atoms with E-state index in [1.54, 1.807) is 12.1 Å². The van der Waals surface area contributed by atoms with Crippen molar-refractivity contribution >= 4 is 11.6 Å². The summed E-state index contributed by atoms with van der Waals surface area (Å²) in [7, 11) is 0. The van der Waals surface area contributed by atoms with E-state index in [9.17, 15) is 9.18 Å². The summed E-state index contributed by atoms with van der Waals surface area (Å²) in [5.74, 6) is -0.478. The molecule has 0 aliphatic rings. The highest BCUT2D eigenvalue weighted by molar-refractivity contribution is 5.92. The Bertz CT molecular complexity index is 613. The molecule has 2 aromatic carbocycles. The minimum Gasteiger partial charge on any atom is -0.326 e. The van der Waals surface area contributed by atoms with Crippen molar-refractivity contribution in [2.75, 3.05) is 11.9 Å². The maximum Gasteiger partial charge on any atom is 0.228 e. The molecule has 0 fully saturated rings. The molecule has 0 aromatic heterocycles. The molecule has 0 bridgehead atoms. The highest BCUT2D eigenvalue weighted by atomic mass is 19.1. The largest absolute Gasteiger partial charge is 0.326 e. The molecule has 2 rings (SSSR count). The molecule has 2 aromatic rings. The fourth-order valence-electron chi connectivity index (χ4n) is 2.07. The van der Waals surface area contributed by atoms with Crippen molar-refractivity contribution in [3.63, 3.8) is 0 Å². The van der Waals surface area contributed by atoms with E-state index in [2.05, 4.69) is 10.6 Å². The van der Waals surface area contributed by atoms with E-state index >= 15 is 0 Å². The van der Waals surface area contributed by atoms with Gasteiger partial charge in [-0.25, -0.2) is 4.39 Å². The second-order valence-corrected chi connectivity index (χ2v) is 4.84. The molecule has 0 heterocycles. The van der Waals surface area contributed by atoms with Gasteiger partial charge in [0.05, 0.1) is 6.42 Å². The quantitative estimate of drug-likeness (QED) is 0.856. The van der Waals surface area contributed by atoms with Gasteiger partial charge in [0.25, 0.3) is 0 Å². The van der Waals surface area contributed by atoms with E-state index in [4.69, 9.17) is 0 Å². The smallest absolute Gasteiger partial charge is 0.228 e. The highest BCUT2D eigenvalue weighted by Crippen LogP contribution is 2.12. The molecular weight excluding hydrogens is 267 g/mol. The number of hydrogen-bond donors (Lipinski definition) is 2. The molecule has 0 radical (unpaired) electrons. The van der Waals surface area contributed by atoms with Crippen LogP contribution in [0.1, 0.15) is 18.1 Å². The van der Waals surface area contributed by atoms with Crippen LogP contribution >= 0.6 is 0 Å². The second-order valence-electron chi connectivity index (χ2n) is 4.84. The molecule has 4 heteroatoms. The van der Waals surface area contributed by atoms with Crippen molar-refractivity contribution in [3.05, 3.63) is 65.5 Å². The third-order valence-electron chi connectivity index (χ3n) is 3.04. The minimum absolute atomic E-state index is 0.152. The number of rotatable bonds is 6. The lowest BCUT2D eigenvalue weighted by molar-refractivity contribution is -0.115. The maximum atomic E-state index is 13.1. The van der Waals surface area contributed by atoms with Crippen LogP contribution in [0, 0.1) is 5.82 Å². The standard InChI is InChI=1S/C17H19FN2O/c1-2-19-12-14-6-4-8-16(10-14)20-17(21)11-13-5-3-7-15(18)9-13/h3-10,19H,2,11-12H2,1H3,(H,20,21). The molecule has 0 unspecified atom stereocenters. The van der Waals surface area contributed by atoms with Gasteiger partial charge in [-0.1, -0.05) is 31.2 Å². The lowest BCUT2D eigenvalue weighted by Crippen LogP contribution is -2.15. The molecule has 0 aliphatic heterocycles. The molecule has 1 amide bonds. The van der Waals surface area contributed by atoms with Crippen molar-refractivity contribution in [2.45, 2.75) is 19.9 Å². The van der Waals surface area contributed by atoms with Crippen molar-refractivity contribution in [1.82, 2.24) is 5.32 Å². The fraction of sp³-hybridized carbons (Fsp3) is 0.235. The van der Waals surface area contributed by atoms with Crippen molar-refractivity contribution in [3.8, 4) is 0 Å². The van der Waals surface area contributed by atoms with Crippen LogP contribution in [0.25, 0.3) is 0 Å². The molecule has 0 atom stereocenters. The summed E-state index contributed by atoms with van der Waals surface area (Å²) < 4.78 is 13.1. The van der Waals surface area contributed by atoms with Gasteiger partial charge in [-0.05, 0) is 41.9 Å². The van der Waals surface area contributed by atoms with Gasteiger partial charge in [-0.2, -0.15) is 0 Å². The first-order valence-corrected chi connectivity index (χ1v) is 7.01. The normalized spacial score (nSPS) is 10.4. The zero-order valence-electron chi connectivity index (χ0n) is 12.0. The van der Waals surface area contributed by atoms with Crippen LogP contribution in [0.15, 0.2) is 48.5 Å². The van der Waals surface area contributed by atoms with E-state index < -0.39 is 0 Å². The van der Waals surface area contributed by atoms with Gasteiger partial charge in [0.2, 0.25) is 5.91 Å². The van der Waals surface area contributed by atoms with Gasteiger partial charge in [0.15, 0.2) is 0 Å². The molecule has 21 heavy (non-hydrogen) atoms. The molecule has 0 saturated carbocycles. The van der Waals surface area contributed by atoms with E-state index in [1.807, 2.05) is 31.2 Å². The molecule has 110 valence electrons. The summed E-state index contributed by atoms with van der Waals surface area (Å²) in [6, 6.07) is 13.8. The van der Waals surface area contributed by atoms with E-state index in [0.29, 0.717) is 5.56 Å². The number of carbonyl (C=O) groups is 1. The van der Waals surface area contributed by atoms with Crippen LogP contribution in [-0.2, 0) is 17.8 Å². The summed E-state index contributed by atoms with van der Waals surface area (Å²) >= 11 is 0. The first-order chi connectivity index (χ1) is 10.2. The summed E-state index contributed by atoms with van der Waals surface area (Å²) in [6.07, 6.45) is 0.162. The number of nitrogens with one attached hydrogen (secondary N) is 2. The van der Waals surface area contributed by atoms with E-state index in [-0.39, 0.29) is 18.1 Å². The van der Waals surface area contributed by atoms with Crippen LogP contribution in [0.3, 0.4) is 0 Å². The first-order valence-electron chi connectivity index (χ1n) is 7.01. The number of amides is 1. The van der Waals surface area contributed by atoms with Crippen LogP contribution in [0.4, 0.5) is 10.1 Å². The Morgan fingerprint density at radius 3 is 2.62 bits per heavy atom. The number of benzene rings is 2. The summed E-state index contributed by atoms with van der Waals surface area (Å²) in [6.45, 7) is 3.71. The summed E-state index contributed by atoms with van der Waals surface area (Å²) in [4.78, 5) is 12.0. The number of carbonyl (C=O) groups excluding carboxylic acids is 1. The minimum atomic E-state index is -0.326. The second kappa shape index (κ2) is 7.55. The van der Waals surface area contributed by atoms with Crippen LogP contribution in [0.2, 0.25) is 0 Å². The Morgan fingerprint density at radius 1 is 1.10 bits per heavy atom.